The van der Waals surface area contributed by atoms with Crippen molar-refractivity contribution in [1.29, 1.82) is 0 Å². The van der Waals surface area contributed by atoms with Crippen LogP contribution in [0, 0.1) is 0 Å². The van der Waals surface area contributed by atoms with Gasteiger partial charge in [-0.15, -0.1) is 0 Å². The van der Waals surface area contributed by atoms with Gasteiger partial charge in [-0.3, -0.25) is 0 Å². The fourth-order valence-corrected chi connectivity index (χ4v) is 1.38. The second-order valence-electron chi connectivity index (χ2n) is 3.17. The summed E-state index contributed by atoms with van der Waals surface area (Å²) in [6.45, 7) is 8.66. The minimum absolute atomic E-state index is 0.824. The Bertz CT molecular complexity index is 69.9. The third kappa shape index (κ3) is 8.14. The highest BCUT2D eigenvalue weighted by atomic mass is 28.3. The molecular weight excluding hydrogens is 130 g/mol. The predicted octanol–water partition coefficient (Wildman–Crippen LogP) is 1.06. The summed E-state index contributed by atoms with van der Waals surface area (Å²) in [5.74, 6) is 0. The first-order valence-corrected chi connectivity index (χ1v) is 6.80. The van der Waals surface area contributed by atoms with Crippen molar-refractivity contribution >= 4 is 8.24 Å². The van der Waals surface area contributed by atoms with E-state index in [4.69, 9.17) is 4.74 Å². The molecule has 56 valence electrons. The zero-order chi connectivity index (χ0) is 7.33. The number of rotatable bonds is 4. The Morgan fingerprint density at radius 1 is 1.33 bits per heavy atom. The van der Waals surface area contributed by atoms with E-state index in [1.807, 2.05) is 0 Å². The van der Waals surface area contributed by atoms with Crippen molar-refractivity contribution in [3.05, 3.63) is 0 Å². The lowest BCUT2D eigenvalue weighted by Crippen LogP contribution is -2.42. The van der Waals surface area contributed by atoms with E-state index in [2.05, 4.69) is 24.6 Å². The highest BCUT2D eigenvalue weighted by molar-refractivity contribution is 6.73. The first kappa shape index (κ1) is 9.14. The Balaban J connectivity index is 3.07. The van der Waals surface area contributed by atoms with Gasteiger partial charge < -0.3 is 9.72 Å². The molecule has 3 heteroatoms. The van der Waals surface area contributed by atoms with Crippen LogP contribution in [0.2, 0.25) is 19.6 Å². The van der Waals surface area contributed by atoms with Gasteiger partial charge in [0, 0.05) is 13.7 Å². The van der Waals surface area contributed by atoms with Crippen LogP contribution in [0.3, 0.4) is 0 Å². The van der Waals surface area contributed by atoms with Gasteiger partial charge in [-0.1, -0.05) is 19.6 Å². The van der Waals surface area contributed by atoms with Gasteiger partial charge in [0.25, 0.3) is 0 Å². The minimum atomic E-state index is -1.02. The van der Waals surface area contributed by atoms with Crippen LogP contribution in [0.1, 0.15) is 0 Å². The fraction of sp³-hybridized carbons (Fsp3) is 1.00. The quantitative estimate of drug-likeness (QED) is 0.474. The molecule has 0 amide bonds. The van der Waals surface area contributed by atoms with Gasteiger partial charge in [0.05, 0.1) is 6.61 Å². The van der Waals surface area contributed by atoms with Crippen LogP contribution in [-0.4, -0.2) is 28.5 Å². The molecule has 0 aliphatic carbocycles. The lowest BCUT2D eigenvalue weighted by Gasteiger charge is -2.16. The van der Waals surface area contributed by atoms with Crippen molar-refractivity contribution in [2.24, 2.45) is 0 Å². The monoisotopic (exact) mass is 147 g/mol. The Hall–Kier alpha value is 0.137. The summed E-state index contributed by atoms with van der Waals surface area (Å²) in [5.41, 5.74) is 0. The molecule has 0 spiro atoms. The third-order valence-corrected chi connectivity index (χ3v) is 2.27. The van der Waals surface area contributed by atoms with Gasteiger partial charge in [0.1, 0.15) is 8.24 Å². The summed E-state index contributed by atoms with van der Waals surface area (Å²) in [7, 11) is 0.704. The molecule has 0 atom stereocenters. The Morgan fingerprint density at radius 3 is 2.22 bits per heavy atom. The van der Waals surface area contributed by atoms with E-state index in [1.54, 1.807) is 7.11 Å². The highest BCUT2D eigenvalue weighted by Crippen LogP contribution is 1.91. The SMILES string of the molecule is COCCN[Si](C)(C)C. The second kappa shape index (κ2) is 4.03. The molecule has 0 rings (SSSR count). The maximum Gasteiger partial charge on any atom is 0.116 e. The fourth-order valence-electron chi connectivity index (χ4n) is 0.528. The van der Waals surface area contributed by atoms with Crippen molar-refractivity contribution in [3.63, 3.8) is 0 Å². The second-order valence-corrected chi connectivity index (χ2v) is 8.02. The van der Waals surface area contributed by atoms with Crippen molar-refractivity contribution in [2.75, 3.05) is 20.3 Å². The molecule has 1 N–H and O–H groups in total. The van der Waals surface area contributed by atoms with E-state index >= 15 is 0 Å². The molecule has 9 heavy (non-hydrogen) atoms. The molecule has 2 nitrogen and oxygen atoms in total. The first-order chi connectivity index (χ1) is 4.06. The Kier molecular flexibility index (Phi) is 4.09. The number of hydrogen-bond donors (Lipinski definition) is 1. The van der Waals surface area contributed by atoms with Crippen LogP contribution in [0.15, 0.2) is 0 Å². The molecule has 0 heterocycles. The van der Waals surface area contributed by atoms with E-state index in [9.17, 15) is 0 Å². The summed E-state index contributed by atoms with van der Waals surface area (Å²) in [6.07, 6.45) is 0. The van der Waals surface area contributed by atoms with Crippen LogP contribution in [0.5, 0.6) is 0 Å². The van der Waals surface area contributed by atoms with Gasteiger partial charge in [-0.05, 0) is 0 Å². The van der Waals surface area contributed by atoms with Gasteiger partial charge in [0.15, 0.2) is 0 Å². The van der Waals surface area contributed by atoms with E-state index in [1.165, 1.54) is 0 Å². The molecule has 0 aromatic heterocycles. The molecule has 0 aromatic rings. The minimum Gasteiger partial charge on any atom is -0.383 e. The smallest absolute Gasteiger partial charge is 0.116 e. The van der Waals surface area contributed by atoms with Gasteiger partial charge >= 0.3 is 0 Å². The molecule has 0 fully saturated rings. The van der Waals surface area contributed by atoms with E-state index in [0.717, 1.165) is 13.2 Å². The first-order valence-electron chi connectivity index (χ1n) is 3.30. The Morgan fingerprint density at radius 2 is 1.89 bits per heavy atom. The maximum atomic E-state index is 4.90. The lowest BCUT2D eigenvalue weighted by atomic mass is 10.7. The van der Waals surface area contributed by atoms with Gasteiger partial charge in [0.2, 0.25) is 0 Å². The molecule has 0 aliphatic rings. The van der Waals surface area contributed by atoms with Crippen molar-refractivity contribution in [3.8, 4) is 0 Å². The Labute approximate surface area is 58.7 Å². The van der Waals surface area contributed by atoms with E-state index in [0.29, 0.717) is 0 Å². The van der Waals surface area contributed by atoms with Gasteiger partial charge in [-0.25, -0.2) is 0 Å². The lowest BCUT2D eigenvalue weighted by molar-refractivity contribution is 0.204. The predicted molar refractivity (Wildman–Crippen MR) is 43.2 cm³/mol. The zero-order valence-corrected chi connectivity index (χ0v) is 7.82. The number of hydrogen-bond acceptors (Lipinski definition) is 2. The highest BCUT2D eigenvalue weighted by Gasteiger charge is 2.10. The van der Waals surface area contributed by atoms with E-state index < -0.39 is 8.24 Å². The van der Waals surface area contributed by atoms with Crippen LogP contribution in [0.4, 0.5) is 0 Å². The molecule has 0 aromatic carbocycles. The summed E-state index contributed by atoms with van der Waals surface area (Å²) in [6, 6.07) is 0. The summed E-state index contributed by atoms with van der Waals surface area (Å²) in [4.78, 5) is 3.44. The normalized spacial score (nSPS) is 12.0. The van der Waals surface area contributed by atoms with Crippen LogP contribution < -0.4 is 4.98 Å². The van der Waals surface area contributed by atoms with Crippen molar-refractivity contribution < 1.29 is 4.74 Å². The molecule has 0 aliphatic heterocycles. The average molecular weight is 147 g/mol. The number of ether oxygens (including phenoxy) is 1. The third-order valence-electron chi connectivity index (χ3n) is 0.962. The van der Waals surface area contributed by atoms with Crippen LogP contribution in [-0.2, 0) is 4.74 Å². The topological polar surface area (TPSA) is 21.3 Å². The number of nitrogens with one attached hydrogen (secondary N) is 1. The van der Waals surface area contributed by atoms with Crippen molar-refractivity contribution in [1.82, 2.24) is 4.98 Å². The zero-order valence-electron chi connectivity index (χ0n) is 6.82. The van der Waals surface area contributed by atoms with E-state index in [-0.39, 0.29) is 0 Å². The molecule has 0 saturated heterocycles. The molecule has 0 saturated carbocycles. The standard InChI is InChI=1S/C6H17NOSi/c1-8-6-5-7-9(2,3)4/h7H,5-6H2,1-4H3. The molecular formula is C6H17NOSi. The summed E-state index contributed by atoms with van der Waals surface area (Å²) in [5, 5.41) is 0. The van der Waals surface area contributed by atoms with Crippen LogP contribution >= 0.6 is 0 Å². The molecule has 0 bridgehead atoms. The molecule has 0 unspecified atom stereocenters. The van der Waals surface area contributed by atoms with Gasteiger partial charge in [-0.2, -0.15) is 0 Å². The number of methoxy groups -OCH3 is 1. The molecule has 0 radical (unpaired) electrons. The van der Waals surface area contributed by atoms with Crippen molar-refractivity contribution in [2.45, 2.75) is 19.6 Å². The maximum absolute atomic E-state index is 4.90. The summed E-state index contributed by atoms with van der Waals surface area (Å²) < 4.78 is 4.90. The van der Waals surface area contributed by atoms with Crippen LogP contribution in [0.25, 0.3) is 0 Å². The summed E-state index contributed by atoms with van der Waals surface area (Å²) >= 11 is 0. The average Bonchev–Trinajstić information content (AvgIpc) is 1.63. The largest absolute Gasteiger partial charge is 0.383 e.